The molecule has 0 spiro atoms. The van der Waals surface area contributed by atoms with Crippen LogP contribution >= 0.6 is 0 Å². The largest absolute Gasteiger partial charge is 0.497 e. The van der Waals surface area contributed by atoms with E-state index in [0.717, 1.165) is 11.3 Å². The minimum Gasteiger partial charge on any atom is -0.497 e. The molecule has 1 atom stereocenters. The second-order valence-electron chi connectivity index (χ2n) is 2.95. The standard InChI is InChI=1S/C12H14O2/c1-4-9(2)12(13)10-5-7-11(14-3)8-6-10/h4-8,12-13H,1-2H2,3H3/t12-/m0/s1. The van der Waals surface area contributed by atoms with Crippen LogP contribution in [0.25, 0.3) is 0 Å². The molecule has 1 aromatic rings. The van der Waals surface area contributed by atoms with Crippen molar-refractivity contribution in [2.75, 3.05) is 7.11 Å². The molecule has 0 aliphatic rings. The number of hydrogen-bond acceptors (Lipinski definition) is 2. The van der Waals surface area contributed by atoms with Gasteiger partial charge in [-0.05, 0) is 23.3 Å². The van der Waals surface area contributed by atoms with Gasteiger partial charge in [0.25, 0.3) is 0 Å². The normalized spacial score (nSPS) is 11.9. The Hall–Kier alpha value is -1.54. The van der Waals surface area contributed by atoms with E-state index >= 15 is 0 Å². The first-order chi connectivity index (χ1) is 6.69. The number of methoxy groups -OCH3 is 1. The van der Waals surface area contributed by atoms with Crippen LogP contribution in [0.15, 0.2) is 49.1 Å². The van der Waals surface area contributed by atoms with Gasteiger partial charge < -0.3 is 9.84 Å². The van der Waals surface area contributed by atoms with Crippen molar-refractivity contribution < 1.29 is 9.84 Å². The molecule has 0 saturated heterocycles. The Morgan fingerprint density at radius 2 is 2.00 bits per heavy atom. The highest BCUT2D eigenvalue weighted by atomic mass is 16.5. The van der Waals surface area contributed by atoms with Gasteiger partial charge in [0.05, 0.1) is 7.11 Å². The third-order valence-corrected chi connectivity index (χ3v) is 2.04. The number of aliphatic hydroxyl groups excluding tert-OH is 1. The summed E-state index contributed by atoms with van der Waals surface area (Å²) < 4.78 is 5.01. The van der Waals surface area contributed by atoms with Gasteiger partial charge in [-0.15, -0.1) is 0 Å². The predicted molar refractivity (Wildman–Crippen MR) is 57.3 cm³/mol. The van der Waals surface area contributed by atoms with Gasteiger partial charge in [0, 0.05) is 0 Å². The van der Waals surface area contributed by atoms with Crippen molar-refractivity contribution in [1.29, 1.82) is 0 Å². The molecule has 0 unspecified atom stereocenters. The quantitative estimate of drug-likeness (QED) is 0.739. The summed E-state index contributed by atoms with van der Waals surface area (Å²) in [4.78, 5) is 0. The molecule has 0 radical (unpaired) electrons. The Morgan fingerprint density at radius 3 is 2.43 bits per heavy atom. The Kier molecular flexibility index (Phi) is 3.48. The zero-order valence-corrected chi connectivity index (χ0v) is 8.23. The highest BCUT2D eigenvalue weighted by molar-refractivity contribution is 5.33. The van der Waals surface area contributed by atoms with Crippen molar-refractivity contribution in [3.63, 3.8) is 0 Å². The van der Waals surface area contributed by atoms with Crippen LogP contribution in [0, 0.1) is 0 Å². The Labute approximate surface area is 84.1 Å². The summed E-state index contributed by atoms with van der Waals surface area (Å²) in [5.74, 6) is 0.769. The third-order valence-electron chi connectivity index (χ3n) is 2.04. The fraction of sp³-hybridized carbons (Fsp3) is 0.167. The van der Waals surface area contributed by atoms with Crippen LogP contribution in [0.3, 0.4) is 0 Å². The molecule has 1 N–H and O–H groups in total. The van der Waals surface area contributed by atoms with E-state index in [0.29, 0.717) is 5.57 Å². The minimum absolute atomic E-state index is 0.593. The first-order valence-corrected chi connectivity index (χ1v) is 4.32. The first kappa shape index (κ1) is 10.5. The predicted octanol–water partition coefficient (Wildman–Crippen LogP) is 2.47. The number of ether oxygens (including phenoxy) is 1. The lowest BCUT2D eigenvalue weighted by Gasteiger charge is -2.11. The van der Waals surface area contributed by atoms with E-state index in [2.05, 4.69) is 13.2 Å². The summed E-state index contributed by atoms with van der Waals surface area (Å²) in [7, 11) is 1.61. The van der Waals surface area contributed by atoms with Crippen molar-refractivity contribution in [1.82, 2.24) is 0 Å². The molecule has 0 fully saturated rings. The summed E-state index contributed by atoms with van der Waals surface area (Å²) in [5, 5.41) is 9.74. The van der Waals surface area contributed by atoms with Gasteiger partial charge in [-0.2, -0.15) is 0 Å². The molecule has 0 bridgehead atoms. The average Bonchev–Trinajstić information content (AvgIpc) is 2.27. The molecule has 2 nitrogen and oxygen atoms in total. The van der Waals surface area contributed by atoms with E-state index in [1.165, 1.54) is 0 Å². The minimum atomic E-state index is -0.682. The fourth-order valence-corrected chi connectivity index (χ4v) is 1.11. The lowest BCUT2D eigenvalue weighted by atomic mass is 10.0. The smallest absolute Gasteiger partial charge is 0.118 e. The van der Waals surface area contributed by atoms with Gasteiger partial charge in [0.15, 0.2) is 0 Å². The average molecular weight is 190 g/mol. The maximum absolute atomic E-state index is 9.74. The highest BCUT2D eigenvalue weighted by Crippen LogP contribution is 2.22. The Morgan fingerprint density at radius 1 is 1.43 bits per heavy atom. The second kappa shape index (κ2) is 4.63. The Balaban J connectivity index is 2.86. The van der Waals surface area contributed by atoms with Crippen LogP contribution in [0.1, 0.15) is 11.7 Å². The summed E-state index contributed by atoms with van der Waals surface area (Å²) in [6.45, 7) is 7.25. The summed E-state index contributed by atoms with van der Waals surface area (Å²) in [5.41, 5.74) is 1.38. The van der Waals surface area contributed by atoms with E-state index in [1.54, 1.807) is 37.5 Å². The maximum Gasteiger partial charge on any atom is 0.118 e. The molecule has 0 amide bonds. The molecule has 0 aromatic heterocycles. The highest BCUT2D eigenvalue weighted by Gasteiger charge is 2.08. The van der Waals surface area contributed by atoms with Crippen molar-refractivity contribution in [3.8, 4) is 5.75 Å². The zero-order chi connectivity index (χ0) is 10.6. The third kappa shape index (κ3) is 2.24. The molecule has 1 rings (SSSR count). The number of benzene rings is 1. The van der Waals surface area contributed by atoms with Gasteiger partial charge in [0.1, 0.15) is 11.9 Å². The van der Waals surface area contributed by atoms with E-state index in [-0.39, 0.29) is 0 Å². The van der Waals surface area contributed by atoms with Crippen LogP contribution in [0.2, 0.25) is 0 Å². The van der Waals surface area contributed by atoms with E-state index in [9.17, 15) is 5.11 Å². The van der Waals surface area contributed by atoms with Crippen molar-refractivity contribution in [2.45, 2.75) is 6.10 Å². The molecule has 0 heterocycles. The zero-order valence-electron chi connectivity index (χ0n) is 8.23. The summed E-state index contributed by atoms with van der Waals surface area (Å²) in [6.07, 6.45) is 0.868. The molecular formula is C12H14O2. The van der Waals surface area contributed by atoms with Crippen LogP contribution in [0.4, 0.5) is 0 Å². The van der Waals surface area contributed by atoms with Gasteiger partial charge in [-0.1, -0.05) is 31.4 Å². The second-order valence-corrected chi connectivity index (χ2v) is 2.95. The lowest BCUT2D eigenvalue weighted by molar-refractivity contribution is 0.220. The number of aliphatic hydroxyl groups is 1. The van der Waals surface area contributed by atoms with Crippen LogP contribution < -0.4 is 4.74 Å². The van der Waals surface area contributed by atoms with Gasteiger partial charge in [-0.3, -0.25) is 0 Å². The van der Waals surface area contributed by atoms with Gasteiger partial charge >= 0.3 is 0 Å². The molecule has 0 aliphatic heterocycles. The topological polar surface area (TPSA) is 29.5 Å². The SMILES string of the molecule is C=CC(=C)[C@H](O)c1ccc(OC)cc1. The van der Waals surface area contributed by atoms with Crippen LogP contribution in [-0.4, -0.2) is 12.2 Å². The van der Waals surface area contributed by atoms with Crippen molar-refractivity contribution in [2.24, 2.45) is 0 Å². The molecule has 1 aromatic carbocycles. The van der Waals surface area contributed by atoms with Gasteiger partial charge in [0.2, 0.25) is 0 Å². The summed E-state index contributed by atoms with van der Waals surface area (Å²) >= 11 is 0. The fourth-order valence-electron chi connectivity index (χ4n) is 1.11. The Bertz CT molecular complexity index is 325. The molecule has 0 saturated carbocycles. The van der Waals surface area contributed by atoms with Crippen LogP contribution in [0.5, 0.6) is 5.75 Å². The van der Waals surface area contributed by atoms with E-state index in [1.807, 2.05) is 0 Å². The molecule has 2 heteroatoms. The summed E-state index contributed by atoms with van der Waals surface area (Å²) in [6, 6.07) is 7.21. The van der Waals surface area contributed by atoms with E-state index in [4.69, 9.17) is 4.74 Å². The molecule has 14 heavy (non-hydrogen) atoms. The van der Waals surface area contributed by atoms with Gasteiger partial charge in [-0.25, -0.2) is 0 Å². The maximum atomic E-state index is 9.74. The van der Waals surface area contributed by atoms with Crippen molar-refractivity contribution >= 4 is 0 Å². The number of rotatable bonds is 4. The van der Waals surface area contributed by atoms with Crippen molar-refractivity contribution in [3.05, 3.63) is 54.6 Å². The molecule has 74 valence electrons. The number of hydrogen-bond donors (Lipinski definition) is 1. The molecule has 0 aliphatic carbocycles. The van der Waals surface area contributed by atoms with Crippen LogP contribution in [-0.2, 0) is 0 Å². The molecular weight excluding hydrogens is 176 g/mol. The first-order valence-electron chi connectivity index (χ1n) is 4.32. The lowest BCUT2D eigenvalue weighted by Crippen LogP contribution is -1.98. The van der Waals surface area contributed by atoms with E-state index < -0.39 is 6.10 Å². The monoisotopic (exact) mass is 190 g/mol.